The Morgan fingerprint density at radius 2 is 2.00 bits per heavy atom. The van der Waals surface area contributed by atoms with E-state index in [9.17, 15) is 14.7 Å². The fourth-order valence-electron chi connectivity index (χ4n) is 2.25. The second kappa shape index (κ2) is 6.91. The Morgan fingerprint density at radius 3 is 2.67 bits per heavy atom. The number of hydrogen-bond acceptors (Lipinski definition) is 6. The van der Waals surface area contributed by atoms with E-state index >= 15 is 0 Å². The summed E-state index contributed by atoms with van der Waals surface area (Å²) in [5, 5.41) is 11.2. The van der Waals surface area contributed by atoms with E-state index in [1.165, 1.54) is 24.3 Å². The third-order valence-corrected chi connectivity index (χ3v) is 5.05. The van der Waals surface area contributed by atoms with Gasteiger partial charge in [-0.1, -0.05) is 23.7 Å². The SMILES string of the molecule is O=[N+]([O-])c1ccc(O[P@]2(=O)OCC[C@H](c3cccc(Cl)c3)O2)cc1. The van der Waals surface area contributed by atoms with Crippen LogP contribution in [0.5, 0.6) is 5.75 Å². The minimum absolute atomic E-state index is 0.0945. The number of halogens is 1. The zero-order valence-corrected chi connectivity index (χ0v) is 14.0. The molecule has 126 valence electrons. The number of nitrogens with zero attached hydrogens (tertiary/aromatic N) is 1. The number of nitro groups is 1. The maximum atomic E-state index is 12.7. The predicted molar refractivity (Wildman–Crippen MR) is 87.2 cm³/mol. The van der Waals surface area contributed by atoms with Gasteiger partial charge in [-0.15, -0.1) is 0 Å². The van der Waals surface area contributed by atoms with Gasteiger partial charge in [0.25, 0.3) is 5.69 Å². The second-order valence-corrected chi connectivity index (χ2v) is 7.04. The normalized spacial score (nSPS) is 23.6. The number of phosphoric acid groups is 1. The van der Waals surface area contributed by atoms with E-state index in [2.05, 4.69) is 0 Å². The highest BCUT2D eigenvalue weighted by atomic mass is 35.5. The lowest BCUT2D eigenvalue weighted by molar-refractivity contribution is -0.384. The van der Waals surface area contributed by atoms with Crippen molar-refractivity contribution in [3.8, 4) is 5.75 Å². The van der Waals surface area contributed by atoms with Gasteiger partial charge in [0.15, 0.2) is 0 Å². The number of hydrogen-bond donors (Lipinski definition) is 0. The molecule has 0 saturated carbocycles. The molecule has 2 atom stereocenters. The lowest BCUT2D eigenvalue weighted by Crippen LogP contribution is -2.16. The first-order valence-corrected chi connectivity index (χ1v) is 8.91. The van der Waals surface area contributed by atoms with Gasteiger partial charge in [-0.3, -0.25) is 19.2 Å². The molecule has 1 saturated heterocycles. The highest BCUT2D eigenvalue weighted by Gasteiger charge is 2.37. The summed E-state index contributed by atoms with van der Waals surface area (Å²) >= 11 is 5.96. The van der Waals surface area contributed by atoms with E-state index in [1.54, 1.807) is 18.2 Å². The number of non-ortho nitro benzene ring substituents is 1. The molecule has 0 N–H and O–H groups in total. The van der Waals surface area contributed by atoms with Crippen molar-refractivity contribution in [2.75, 3.05) is 6.61 Å². The molecule has 0 unspecified atom stereocenters. The van der Waals surface area contributed by atoms with Gasteiger partial charge >= 0.3 is 7.82 Å². The van der Waals surface area contributed by atoms with Crippen molar-refractivity contribution < 1.29 is 23.1 Å². The molecule has 2 aromatic carbocycles. The fourth-order valence-corrected chi connectivity index (χ4v) is 3.85. The van der Waals surface area contributed by atoms with Crippen LogP contribution in [0.2, 0.25) is 5.02 Å². The standard InChI is InChI=1S/C15H13ClNO6P/c16-12-3-1-2-11(10-12)15-8-9-21-24(20,23-15)22-14-6-4-13(5-7-14)17(18)19/h1-7,10,15H,8-9H2/t15-,24+/m1/s1. The highest BCUT2D eigenvalue weighted by molar-refractivity contribution is 7.49. The number of nitro benzene ring substituents is 1. The first-order chi connectivity index (χ1) is 11.5. The van der Waals surface area contributed by atoms with E-state index in [4.69, 9.17) is 25.2 Å². The van der Waals surface area contributed by atoms with Crippen LogP contribution in [0.25, 0.3) is 0 Å². The monoisotopic (exact) mass is 369 g/mol. The maximum absolute atomic E-state index is 12.7. The van der Waals surface area contributed by atoms with Gasteiger partial charge < -0.3 is 4.52 Å². The average Bonchev–Trinajstić information content (AvgIpc) is 2.55. The lowest BCUT2D eigenvalue weighted by Gasteiger charge is -2.29. The van der Waals surface area contributed by atoms with Crippen molar-refractivity contribution >= 4 is 25.1 Å². The number of phosphoric ester groups is 1. The molecule has 1 fully saturated rings. The van der Waals surface area contributed by atoms with Crippen LogP contribution in [-0.4, -0.2) is 11.5 Å². The molecule has 9 heteroatoms. The molecule has 0 radical (unpaired) electrons. The summed E-state index contributed by atoms with van der Waals surface area (Å²) in [7, 11) is -3.82. The summed E-state index contributed by atoms with van der Waals surface area (Å²) in [6.45, 7) is 0.196. The Kier molecular flexibility index (Phi) is 4.87. The van der Waals surface area contributed by atoms with Gasteiger partial charge in [0.2, 0.25) is 0 Å². The van der Waals surface area contributed by atoms with Gasteiger partial charge in [0.05, 0.1) is 17.6 Å². The van der Waals surface area contributed by atoms with Gasteiger partial charge in [0.1, 0.15) is 5.75 Å². The smallest absolute Gasteiger partial charge is 0.404 e. The van der Waals surface area contributed by atoms with Crippen LogP contribution in [0, 0.1) is 10.1 Å². The molecule has 0 aromatic heterocycles. The van der Waals surface area contributed by atoms with E-state index in [-0.39, 0.29) is 18.0 Å². The minimum Gasteiger partial charge on any atom is -0.404 e. The largest absolute Gasteiger partial charge is 0.530 e. The van der Waals surface area contributed by atoms with Crippen LogP contribution in [0.3, 0.4) is 0 Å². The summed E-state index contributed by atoms with van der Waals surface area (Å²) in [6, 6.07) is 12.2. The van der Waals surface area contributed by atoms with Crippen molar-refractivity contribution in [3.05, 3.63) is 69.2 Å². The maximum Gasteiger partial charge on any atom is 0.530 e. The van der Waals surface area contributed by atoms with Crippen LogP contribution < -0.4 is 4.52 Å². The Hall–Kier alpha value is -1.92. The predicted octanol–water partition coefficient (Wildman–Crippen LogP) is 4.91. The molecule has 0 aliphatic carbocycles. The molecule has 1 aliphatic heterocycles. The molecule has 1 heterocycles. The first-order valence-electron chi connectivity index (χ1n) is 7.08. The fraction of sp³-hybridized carbons (Fsp3) is 0.200. The topological polar surface area (TPSA) is 87.9 Å². The number of benzene rings is 2. The second-order valence-electron chi connectivity index (χ2n) is 5.06. The molecule has 1 aliphatic rings. The summed E-state index contributed by atoms with van der Waals surface area (Å²) < 4.78 is 28.7. The molecule has 0 spiro atoms. The van der Waals surface area contributed by atoms with Crippen molar-refractivity contribution in [2.24, 2.45) is 0 Å². The van der Waals surface area contributed by atoms with Crippen LogP contribution in [0.15, 0.2) is 48.5 Å². The van der Waals surface area contributed by atoms with Gasteiger partial charge in [-0.25, -0.2) is 4.57 Å². The van der Waals surface area contributed by atoms with Crippen LogP contribution in [0.4, 0.5) is 5.69 Å². The third-order valence-electron chi connectivity index (χ3n) is 3.37. The molecule has 3 rings (SSSR count). The van der Waals surface area contributed by atoms with Crippen LogP contribution in [-0.2, 0) is 13.6 Å². The molecule has 0 bridgehead atoms. The zero-order chi connectivity index (χ0) is 17.2. The van der Waals surface area contributed by atoms with E-state index in [1.807, 2.05) is 6.07 Å². The molecule has 24 heavy (non-hydrogen) atoms. The molecular weight excluding hydrogens is 357 g/mol. The molecular formula is C15H13ClNO6P. The Labute approximate surface area is 142 Å². The minimum atomic E-state index is -3.82. The average molecular weight is 370 g/mol. The highest BCUT2D eigenvalue weighted by Crippen LogP contribution is 2.56. The van der Waals surface area contributed by atoms with Crippen molar-refractivity contribution in [1.29, 1.82) is 0 Å². The number of rotatable bonds is 4. The van der Waals surface area contributed by atoms with Crippen molar-refractivity contribution in [1.82, 2.24) is 0 Å². The van der Waals surface area contributed by atoms with E-state index in [0.717, 1.165) is 5.56 Å². The summed E-state index contributed by atoms with van der Waals surface area (Å²) in [5.41, 5.74) is 0.682. The van der Waals surface area contributed by atoms with Gasteiger partial charge in [-0.05, 0) is 29.8 Å². The summed E-state index contributed by atoms with van der Waals surface area (Å²) in [6.07, 6.45) is 0.0369. The molecule has 0 amide bonds. The van der Waals surface area contributed by atoms with E-state index < -0.39 is 18.8 Å². The van der Waals surface area contributed by atoms with Gasteiger partial charge in [0, 0.05) is 23.6 Å². The molecule has 7 nitrogen and oxygen atoms in total. The Bertz CT molecular complexity index is 797. The summed E-state index contributed by atoms with van der Waals surface area (Å²) in [5.74, 6) is 0.163. The quantitative estimate of drug-likeness (QED) is 0.432. The van der Waals surface area contributed by atoms with Crippen LogP contribution in [0.1, 0.15) is 18.1 Å². The summed E-state index contributed by atoms with van der Waals surface area (Å²) in [4.78, 5) is 10.1. The third kappa shape index (κ3) is 3.94. The zero-order valence-electron chi connectivity index (χ0n) is 12.3. The van der Waals surface area contributed by atoms with Gasteiger partial charge in [-0.2, -0.15) is 0 Å². The van der Waals surface area contributed by atoms with Crippen molar-refractivity contribution in [3.63, 3.8) is 0 Å². The van der Waals surface area contributed by atoms with E-state index in [0.29, 0.717) is 11.4 Å². The first kappa shape index (κ1) is 16.9. The van der Waals surface area contributed by atoms with Crippen molar-refractivity contribution in [2.45, 2.75) is 12.5 Å². The Morgan fingerprint density at radius 1 is 1.25 bits per heavy atom. The molecule has 2 aromatic rings. The van der Waals surface area contributed by atoms with Crippen LogP contribution >= 0.6 is 19.4 Å². The lowest BCUT2D eigenvalue weighted by atomic mass is 10.1. The Balaban J connectivity index is 1.75.